The van der Waals surface area contributed by atoms with E-state index in [0.717, 1.165) is 25.2 Å². The van der Waals surface area contributed by atoms with E-state index in [1.807, 2.05) is 6.07 Å². The molecule has 0 aromatic heterocycles. The molecule has 0 saturated carbocycles. The van der Waals surface area contributed by atoms with Crippen molar-refractivity contribution in [1.29, 1.82) is 5.26 Å². The molecule has 0 spiro atoms. The van der Waals surface area contributed by atoms with Crippen molar-refractivity contribution in [3.63, 3.8) is 0 Å². The Morgan fingerprint density at radius 2 is 2.41 bits per heavy atom. The van der Waals surface area contributed by atoms with Crippen LogP contribution in [-0.2, 0) is 4.74 Å². The van der Waals surface area contributed by atoms with E-state index in [9.17, 15) is 4.39 Å². The Bertz CT molecular complexity index is 442. The largest absolute Gasteiger partial charge is 0.375 e. The van der Waals surface area contributed by atoms with Crippen molar-refractivity contribution in [2.45, 2.75) is 19.4 Å². The quantitative estimate of drug-likeness (QED) is 0.787. The lowest BCUT2D eigenvalue weighted by molar-refractivity contribution is 0.0384. The molecule has 0 bridgehead atoms. The van der Waals surface area contributed by atoms with Crippen LogP contribution in [0.15, 0.2) is 18.2 Å². The summed E-state index contributed by atoms with van der Waals surface area (Å²) in [6.07, 6.45) is 1.14. The zero-order valence-corrected chi connectivity index (χ0v) is 9.82. The normalized spacial score (nSPS) is 20.1. The number of hydrogen-bond donors (Lipinski definition) is 0. The predicted molar refractivity (Wildman–Crippen MR) is 63.4 cm³/mol. The van der Waals surface area contributed by atoms with E-state index in [1.165, 1.54) is 12.1 Å². The molecule has 2 rings (SSSR count). The topological polar surface area (TPSA) is 36.3 Å². The van der Waals surface area contributed by atoms with Crippen LogP contribution in [0.25, 0.3) is 0 Å². The Hall–Kier alpha value is -1.60. The maximum Gasteiger partial charge on any atom is 0.124 e. The summed E-state index contributed by atoms with van der Waals surface area (Å²) in [5.74, 6) is -0.370. The molecule has 1 fully saturated rings. The van der Waals surface area contributed by atoms with E-state index < -0.39 is 0 Å². The van der Waals surface area contributed by atoms with Crippen LogP contribution < -0.4 is 4.90 Å². The highest BCUT2D eigenvalue weighted by Gasteiger charge is 2.21. The first-order chi connectivity index (χ1) is 8.24. The van der Waals surface area contributed by atoms with Gasteiger partial charge in [0.1, 0.15) is 11.9 Å². The van der Waals surface area contributed by atoms with Crippen molar-refractivity contribution in [2.75, 3.05) is 24.6 Å². The summed E-state index contributed by atoms with van der Waals surface area (Å²) in [6.45, 7) is 4.23. The summed E-state index contributed by atoms with van der Waals surface area (Å²) < 4.78 is 18.6. The monoisotopic (exact) mass is 234 g/mol. The van der Waals surface area contributed by atoms with Crippen molar-refractivity contribution in [3.05, 3.63) is 29.6 Å². The zero-order chi connectivity index (χ0) is 12.3. The fourth-order valence-electron chi connectivity index (χ4n) is 2.06. The number of ether oxygens (including phenoxy) is 1. The first-order valence-corrected chi connectivity index (χ1v) is 5.80. The highest BCUT2D eigenvalue weighted by molar-refractivity contribution is 5.59. The lowest BCUT2D eigenvalue weighted by atomic mass is 10.1. The highest BCUT2D eigenvalue weighted by atomic mass is 19.1. The second-order valence-corrected chi connectivity index (χ2v) is 4.12. The minimum absolute atomic E-state index is 0.195. The minimum Gasteiger partial charge on any atom is -0.375 e. The molecule has 90 valence electrons. The number of halogens is 1. The number of nitriles is 1. The highest BCUT2D eigenvalue weighted by Crippen LogP contribution is 2.23. The Balaban J connectivity index is 2.24. The third-order valence-corrected chi connectivity index (χ3v) is 3.01. The van der Waals surface area contributed by atoms with Crippen LogP contribution in [0.3, 0.4) is 0 Å². The van der Waals surface area contributed by atoms with Crippen LogP contribution in [0.1, 0.15) is 18.9 Å². The number of morpholine rings is 1. The van der Waals surface area contributed by atoms with Crippen molar-refractivity contribution < 1.29 is 9.13 Å². The molecule has 3 nitrogen and oxygen atoms in total. The molecule has 0 amide bonds. The van der Waals surface area contributed by atoms with Gasteiger partial charge in [0, 0.05) is 13.1 Å². The van der Waals surface area contributed by atoms with Gasteiger partial charge in [0.15, 0.2) is 0 Å². The average molecular weight is 234 g/mol. The molecule has 1 aliphatic rings. The van der Waals surface area contributed by atoms with Crippen molar-refractivity contribution in [3.8, 4) is 6.07 Å². The van der Waals surface area contributed by atoms with E-state index in [0.29, 0.717) is 12.2 Å². The van der Waals surface area contributed by atoms with Gasteiger partial charge in [-0.3, -0.25) is 0 Å². The van der Waals surface area contributed by atoms with Gasteiger partial charge in [-0.15, -0.1) is 0 Å². The third kappa shape index (κ3) is 2.56. The summed E-state index contributed by atoms with van der Waals surface area (Å²) in [6, 6.07) is 6.40. The van der Waals surface area contributed by atoms with Gasteiger partial charge in [-0.1, -0.05) is 6.92 Å². The molecule has 0 radical (unpaired) electrons. The van der Waals surface area contributed by atoms with Crippen LogP contribution in [-0.4, -0.2) is 25.8 Å². The molecule has 1 atom stereocenters. The SMILES string of the molecule is CCC1CN(c2ccc(F)cc2C#N)CCO1. The van der Waals surface area contributed by atoms with Gasteiger partial charge in [-0.05, 0) is 24.6 Å². The molecule has 4 heteroatoms. The summed E-state index contributed by atoms with van der Waals surface area (Å²) >= 11 is 0. The summed E-state index contributed by atoms with van der Waals surface area (Å²) in [7, 11) is 0. The van der Waals surface area contributed by atoms with E-state index >= 15 is 0 Å². The van der Waals surface area contributed by atoms with Gasteiger partial charge in [0.05, 0.1) is 24.0 Å². The Labute approximate surface area is 100 Å². The summed E-state index contributed by atoms with van der Waals surface area (Å²) in [5.41, 5.74) is 1.19. The van der Waals surface area contributed by atoms with Gasteiger partial charge in [0.25, 0.3) is 0 Å². The first kappa shape index (κ1) is 11.9. The predicted octanol–water partition coefficient (Wildman–Crippen LogP) is 2.31. The van der Waals surface area contributed by atoms with Crippen LogP contribution in [0.5, 0.6) is 0 Å². The molecule has 1 aromatic rings. The first-order valence-electron chi connectivity index (χ1n) is 5.80. The summed E-state index contributed by atoms with van der Waals surface area (Å²) in [5, 5.41) is 9.02. The van der Waals surface area contributed by atoms with E-state index in [1.54, 1.807) is 6.07 Å². The molecule has 0 N–H and O–H groups in total. The smallest absolute Gasteiger partial charge is 0.124 e. The Morgan fingerprint density at radius 3 is 3.12 bits per heavy atom. The van der Waals surface area contributed by atoms with E-state index in [2.05, 4.69) is 11.8 Å². The zero-order valence-electron chi connectivity index (χ0n) is 9.82. The molecule has 1 saturated heterocycles. The van der Waals surface area contributed by atoms with E-state index in [4.69, 9.17) is 10.00 Å². The van der Waals surface area contributed by atoms with Crippen molar-refractivity contribution in [1.82, 2.24) is 0 Å². The Morgan fingerprint density at radius 1 is 1.59 bits per heavy atom. The van der Waals surface area contributed by atoms with Crippen molar-refractivity contribution in [2.24, 2.45) is 0 Å². The minimum atomic E-state index is -0.370. The summed E-state index contributed by atoms with van der Waals surface area (Å²) in [4.78, 5) is 2.09. The number of nitrogens with zero attached hydrogens (tertiary/aromatic N) is 2. The number of anilines is 1. The second-order valence-electron chi connectivity index (χ2n) is 4.12. The number of hydrogen-bond acceptors (Lipinski definition) is 3. The molecule has 1 aromatic carbocycles. The average Bonchev–Trinajstić information content (AvgIpc) is 2.38. The van der Waals surface area contributed by atoms with Crippen LogP contribution in [0.2, 0.25) is 0 Å². The van der Waals surface area contributed by atoms with Gasteiger partial charge < -0.3 is 9.64 Å². The van der Waals surface area contributed by atoms with Gasteiger partial charge in [-0.2, -0.15) is 5.26 Å². The second kappa shape index (κ2) is 5.15. The lowest BCUT2D eigenvalue weighted by Crippen LogP contribution is -2.42. The number of rotatable bonds is 2. The fraction of sp³-hybridized carbons (Fsp3) is 0.462. The van der Waals surface area contributed by atoms with Gasteiger partial charge >= 0.3 is 0 Å². The van der Waals surface area contributed by atoms with Crippen LogP contribution in [0.4, 0.5) is 10.1 Å². The molecule has 1 unspecified atom stereocenters. The van der Waals surface area contributed by atoms with Crippen LogP contribution in [0, 0.1) is 17.1 Å². The van der Waals surface area contributed by atoms with E-state index in [-0.39, 0.29) is 11.9 Å². The maximum absolute atomic E-state index is 13.0. The third-order valence-electron chi connectivity index (χ3n) is 3.01. The van der Waals surface area contributed by atoms with Crippen molar-refractivity contribution >= 4 is 5.69 Å². The Kier molecular flexibility index (Phi) is 3.60. The maximum atomic E-state index is 13.0. The molecule has 17 heavy (non-hydrogen) atoms. The molecule has 1 heterocycles. The van der Waals surface area contributed by atoms with Crippen LogP contribution >= 0.6 is 0 Å². The number of benzene rings is 1. The molecular weight excluding hydrogens is 219 g/mol. The lowest BCUT2D eigenvalue weighted by Gasteiger charge is -2.34. The standard InChI is InChI=1S/C13H15FN2O/c1-2-12-9-16(5-6-17-12)13-4-3-11(14)7-10(13)8-15/h3-4,7,12H,2,5-6,9H2,1H3. The van der Waals surface area contributed by atoms with Gasteiger partial charge in [-0.25, -0.2) is 4.39 Å². The molecule has 1 aliphatic heterocycles. The van der Waals surface area contributed by atoms with Gasteiger partial charge in [0.2, 0.25) is 0 Å². The molecular formula is C13H15FN2O. The molecule has 0 aliphatic carbocycles. The fourth-order valence-corrected chi connectivity index (χ4v) is 2.06.